The highest BCUT2D eigenvalue weighted by Crippen LogP contribution is 2.15. The van der Waals surface area contributed by atoms with Crippen molar-refractivity contribution in [3.8, 4) is 0 Å². The van der Waals surface area contributed by atoms with Crippen LogP contribution in [-0.2, 0) is 9.84 Å². The molecule has 0 aromatic rings. The molecule has 120 valence electrons. The van der Waals surface area contributed by atoms with Crippen molar-refractivity contribution in [3.63, 3.8) is 0 Å². The highest BCUT2D eigenvalue weighted by atomic mass is 32.2. The molecule has 0 fully saturated rings. The fourth-order valence-electron chi connectivity index (χ4n) is 1.55. The summed E-state index contributed by atoms with van der Waals surface area (Å²) in [6.45, 7) is 10.8. The molecule has 0 amide bonds. The van der Waals surface area contributed by atoms with Crippen molar-refractivity contribution in [3.05, 3.63) is 0 Å². The Kier molecular flexibility index (Phi) is 8.16. The second-order valence-electron chi connectivity index (χ2n) is 6.39. The maximum atomic E-state index is 12.0. The summed E-state index contributed by atoms with van der Waals surface area (Å²) in [5.41, 5.74) is 0. The molecule has 0 saturated heterocycles. The fourth-order valence-corrected chi connectivity index (χ4v) is 2.53. The average molecular weight is 305 g/mol. The van der Waals surface area contributed by atoms with Gasteiger partial charge in [-0.2, -0.15) is 0 Å². The third-order valence-electron chi connectivity index (χ3n) is 3.07. The molecular formula is C14H31N3O2S. The molecule has 0 radical (unpaired) electrons. The molecule has 0 rings (SSSR count). The van der Waals surface area contributed by atoms with Crippen molar-refractivity contribution in [2.45, 2.75) is 52.2 Å². The summed E-state index contributed by atoms with van der Waals surface area (Å²) >= 11 is 0. The van der Waals surface area contributed by atoms with Crippen LogP contribution in [0.5, 0.6) is 0 Å². The lowest BCUT2D eigenvalue weighted by molar-refractivity contribution is 0.548. The van der Waals surface area contributed by atoms with E-state index in [1.807, 2.05) is 0 Å². The lowest BCUT2D eigenvalue weighted by Crippen LogP contribution is -2.42. The molecule has 5 nitrogen and oxygen atoms in total. The molecule has 0 aromatic carbocycles. The fraction of sp³-hybridized carbons (Fsp3) is 0.929. The molecule has 0 unspecified atom stereocenters. The Hall–Kier alpha value is -0.780. The molecule has 0 aliphatic rings. The number of aliphatic imine (C=N–C) groups is 1. The second kappa shape index (κ2) is 8.49. The molecule has 0 bridgehead atoms. The summed E-state index contributed by atoms with van der Waals surface area (Å²) in [6.07, 6.45) is 2.25. The summed E-state index contributed by atoms with van der Waals surface area (Å²) in [7, 11) is -1.39. The Morgan fingerprint density at radius 1 is 1.15 bits per heavy atom. The molecule has 6 heteroatoms. The van der Waals surface area contributed by atoms with Gasteiger partial charge in [-0.15, -0.1) is 0 Å². The first kappa shape index (κ1) is 19.2. The van der Waals surface area contributed by atoms with Gasteiger partial charge >= 0.3 is 0 Å². The topological polar surface area (TPSA) is 70.6 Å². The smallest absolute Gasteiger partial charge is 0.191 e. The zero-order chi connectivity index (χ0) is 15.8. The van der Waals surface area contributed by atoms with Crippen LogP contribution in [0, 0.1) is 5.92 Å². The van der Waals surface area contributed by atoms with Gasteiger partial charge in [-0.05, 0) is 39.5 Å². The van der Waals surface area contributed by atoms with E-state index in [9.17, 15) is 8.42 Å². The minimum atomic E-state index is -3.08. The molecule has 2 N–H and O–H groups in total. The lowest BCUT2D eigenvalue weighted by atomic mass is 10.1. The van der Waals surface area contributed by atoms with Crippen LogP contribution in [0.2, 0.25) is 0 Å². The standard InChI is InChI=1S/C14H31N3O2S/c1-12(2)8-7-9-16-13(15-6)17-10-11-20(18,19)14(3,4)5/h12H,7-11H2,1-6H3,(H2,15,16,17). The van der Waals surface area contributed by atoms with Gasteiger partial charge in [0.05, 0.1) is 10.5 Å². The van der Waals surface area contributed by atoms with Gasteiger partial charge in [0.2, 0.25) is 0 Å². The van der Waals surface area contributed by atoms with Crippen molar-refractivity contribution >= 4 is 15.8 Å². The average Bonchev–Trinajstić information content (AvgIpc) is 2.30. The van der Waals surface area contributed by atoms with Crippen LogP contribution in [0.25, 0.3) is 0 Å². The van der Waals surface area contributed by atoms with E-state index in [0.29, 0.717) is 18.4 Å². The Bertz CT molecular complexity index is 395. The summed E-state index contributed by atoms with van der Waals surface area (Å²) < 4.78 is 23.2. The zero-order valence-electron chi connectivity index (χ0n) is 13.8. The first-order valence-electron chi connectivity index (χ1n) is 7.27. The quantitative estimate of drug-likeness (QED) is 0.427. The third-order valence-corrected chi connectivity index (χ3v) is 5.68. The molecule has 0 aromatic heterocycles. The highest BCUT2D eigenvalue weighted by molar-refractivity contribution is 7.92. The minimum absolute atomic E-state index is 0.114. The lowest BCUT2D eigenvalue weighted by Gasteiger charge is -2.19. The number of sulfone groups is 1. The van der Waals surface area contributed by atoms with Crippen molar-refractivity contribution in [2.24, 2.45) is 10.9 Å². The van der Waals surface area contributed by atoms with Crippen LogP contribution >= 0.6 is 0 Å². The first-order chi connectivity index (χ1) is 9.10. The van der Waals surface area contributed by atoms with Gasteiger partial charge in [0.1, 0.15) is 0 Å². The van der Waals surface area contributed by atoms with E-state index in [-0.39, 0.29) is 5.75 Å². The van der Waals surface area contributed by atoms with Crippen LogP contribution in [-0.4, -0.2) is 45.0 Å². The highest BCUT2D eigenvalue weighted by Gasteiger charge is 2.28. The molecule has 0 spiro atoms. The predicted molar refractivity (Wildman–Crippen MR) is 87.0 cm³/mol. The van der Waals surface area contributed by atoms with Crippen LogP contribution in [0.3, 0.4) is 0 Å². The van der Waals surface area contributed by atoms with Crippen LogP contribution in [0.15, 0.2) is 4.99 Å². The minimum Gasteiger partial charge on any atom is -0.356 e. The van der Waals surface area contributed by atoms with Gasteiger partial charge in [0.15, 0.2) is 15.8 Å². The molecular weight excluding hydrogens is 274 g/mol. The van der Waals surface area contributed by atoms with Crippen molar-refractivity contribution in [1.82, 2.24) is 10.6 Å². The molecule has 0 atom stereocenters. The summed E-state index contributed by atoms with van der Waals surface area (Å²) in [4.78, 5) is 4.09. The number of nitrogens with one attached hydrogen (secondary N) is 2. The second-order valence-corrected chi connectivity index (χ2v) is 9.26. The van der Waals surface area contributed by atoms with Crippen LogP contribution < -0.4 is 10.6 Å². The zero-order valence-corrected chi connectivity index (χ0v) is 14.6. The summed E-state index contributed by atoms with van der Waals surface area (Å²) in [5, 5.41) is 6.24. The largest absolute Gasteiger partial charge is 0.356 e. The molecule has 0 aliphatic carbocycles. The Morgan fingerprint density at radius 3 is 2.15 bits per heavy atom. The van der Waals surface area contributed by atoms with E-state index in [0.717, 1.165) is 13.0 Å². The predicted octanol–water partition coefficient (Wildman–Crippen LogP) is 1.80. The number of hydrogen-bond acceptors (Lipinski definition) is 3. The van der Waals surface area contributed by atoms with Crippen molar-refractivity contribution in [1.29, 1.82) is 0 Å². The maximum Gasteiger partial charge on any atom is 0.191 e. The van der Waals surface area contributed by atoms with Crippen LogP contribution in [0.4, 0.5) is 0 Å². The SMILES string of the molecule is CN=C(NCCCC(C)C)NCCS(=O)(=O)C(C)(C)C. The van der Waals surface area contributed by atoms with Gasteiger partial charge in [0.25, 0.3) is 0 Å². The van der Waals surface area contributed by atoms with Crippen molar-refractivity contribution in [2.75, 3.05) is 25.9 Å². The van der Waals surface area contributed by atoms with Gasteiger partial charge in [-0.1, -0.05) is 13.8 Å². The van der Waals surface area contributed by atoms with Gasteiger partial charge in [-0.25, -0.2) is 8.42 Å². The number of nitrogens with zero attached hydrogens (tertiary/aromatic N) is 1. The van der Waals surface area contributed by atoms with E-state index >= 15 is 0 Å². The third kappa shape index (κ3) is 7.72. The van der Waals surface area contributed by atoms with Gasteiger partial charge < -0.3 is 10.6 Å². The first-order valence-corrected chi connectivity index (χ1v) is 8.92. The van der Waals surface area contributed by atoms with Gasteiger partial charge in [-0.3, -0.25) is 4.99 Å². The Morgan fingerprint density at radius 2 is 1.70 bits per heavy atom. The Labute approximate surface area is 124 Å². The molecule has 0 aliphatic heterocycles. The summed E-state index contributed by atoms with van der Waals surface area (Å²) in [5.74, 6) is 1.48. The number of hydrogen-bond donors (Lipinski definition) is 2. The van der Waals surface area contributed by atoms with Gasteiger partial charge in [0, 0.05) is 20.1 Å². The van der Waals surface area contributed by atoms with E-state index in [1.54, 1.807) is 27.8 Å². The van der Waals surface area contributed by atoms with E-state index < -0.39 is 14.6 Å². The van der Waals surface area contributed by atoms with Crippen LogP contribution in [0.1, 0.15) is 47.5 Å². The molecule has 0 saturated carbocycles. The summed E-state index contributed by atoms with van der Waals surface area (Å²) in [6, 6.07) is 0. The monoisotopic (exact) mass is 305 g/mol. The van der Waals surface area contributed by atoms with E-state index in [4.69, 9.17) is 0 Å². The van der Waals surface area contributed by atoms with E-state index in [1.165, 1.54) is 6.42 Å². The molecule has 20 heavy (non-hydrogen) atoms. The van der Waals surface area contributed by atoms with E-state index in [2.05, 4.69) is 29.5 Å². The Balaban J connectivity index is 4.04. The van der Waals surface area contributed by atoms with Crippen molar-refractivity contribution < 1.29 is 8.42 Å². The number of rotatable bonds is 7. The number of guanidine groups is 1. The molecule has 0 heterocycles. The maximum absolute atomic E-state index is 12.0. The normalized spacial score (nSPS) is 13.7.